The van der Waals surface area contributed by atoms with Gasteiger partial charge >= 0.3 is 0 Å². The molecular weight excluding hydrogens is 392 g/mol. The minimum Gasteiger partial charge on any atom is -0.376 e. The number of fused-ring (bicyclic) bond motifs is 1. The van der Waals surface area contributed by atoms with Gasteiger partial charge in [0.2, 0.25) is 5.91 Å². The quantitative estimate of drug-likeness (QED) is 0.702. The van der Waals surface area contributed by atoms with Gasteiger partial charge in [-0.05, 0) is 31.2 Å². The molecule has 3 heterocycles. The molecule has 31 heavy (non-hydrogen) atoms. The molecule has 7 heteroatoms. The van der Waals surface area contributed by atoms with Crippen LogP contribution in [-0.2, 0) is 42.0 Å². The summed E-state index contributed by atoms with van der Waals surface area (Å²) in [4.78, 5) is 33.0. The van der Waals surface area contributed by atoms with Crippen LogP contribution in [-0.4, -0.2) is 46.2 Å². The topological polar surface area (TPSA) is 76.5 Å². The Morgan fingerprint density at radius 2 is 2.13 bits per heavy atom. The largest absolute Gasteiger partial charge is 0.376 e. The van der Waals surface area contributed by atoms with Crippen LogP contribution in [0.4, 0.5) is 0 Å². The lowest BCUT2D eigenvalue weighted by Gasteiger charge is -2.29. The van der Waals surface area contributed by atoms with Crippen LogP contribution in [0.3, 0.4) is 0 Å². The van der Waals surface area contributed by atoms with Crippen molar-refractivity contribution in [2.75, 3.05) is 19.7 Å². The van der Waals surface area contributed by atoms with Crippen LogP contribution in [0.1, 0.15) is 48.8 Å². The SMILES string of the molecule is CCCc1nc2c(c(=O)n1CC(=O)NC[C@@H]1CCCO1)CCN(Cc1ccccc1)C2. The molecule has 0 saturated carbocycles. The normalized spacial score (nSPS) is 18.7. The van der Waals surface area contributed by atoms with E-state index >= 15 is 0 Å². The first kappa shape index (κ1) is 21.7. The maximum atomic E-state index is 13.3. The van der Waals surface area contributed by atoms with Crippen molar-refractivity contribution in [2.45, 2.75) is 64.8 Å². The van der Waals surface area contributed by atoms with E-state index in [1.54, 1.807) is 4.57 Å². The Bertz CT molecular complexity index is 951. The van der Waals surface area contributed by atoms with E-state index in [4.69, 9.17) is 9.72 Å². The van der Waals surface area contributed by atoms with Crippen LogP contribution >= 0.6 is 0 Å². The van der Waals surface area contributed by atoms with E-state index in [-0.39, 0.29) is 24.1 Å². The highest BCUT2D eigenvalue weighted by Crippen LogP contribution is 2.18. The highest BCUT2D eigenvalue weighted by molar-refractivity contribution is 5.75. The second-order valence-electron chi connectivity index (χ2n) is 8.48. The van der Waals surface area contributed by atoms with Crippen molar-refractivity contribution in [2.24, 2.45) is 0 Å². The van der Waals surface area contributed by atoms with Gasteiger partial charge in [-0.2, -0.15) is 0 Å². The third kappa shape index (κ3) is 5.40. The number of aryl methyl sites for hydroxylation is 1. The first-order valence-electron chi connectivity index (χ1n) is 11.4. The molecule has 0 unspecified atom stereocenters. The molecule has 0 spiro atoms. The van der Waals surface area contributed by atoms with Gasteiger partial charge in [-0.15, -0.1) is 0 Å². The molecule has 0 bridgehead atoms. The fourth-order valence-electron chi connectivity index (χ4n) is 4.42. The van der Waals surface area contributed by atoms with Crippen LogP contribution in [0.2, 0.25) is 0 Å². The van der Waals surface area contributed by atoms with Gasteiger partial charge in [0, 0.05) is 44.8 Å². The number of hydrogen-bond donors (Lipinski definition) is 1. The Hall–Kier alpha value is -2.51. The van der Waals surface area contributed by atoms with E-state index in [1.165, 1.54) is 5.56 Å². The molecule has 1 N–H and O–H groups in total. The third-order valence-corrected chi connectivity index (χ3v) is 6.05. The molecule has 1 saturated heterocycles. The van der Waals surface area contributed by atoms with Crippen molar-refractivity contribution >= 4 is 5.91 Å². The van der Waals surface area contributed by atoms with Crippen molar-refractivity contribution in [3.8, 4) is 0 Å². The van der Waals surface area contributed by atoms with Crippen LogP contribution < -0.4 is 10.9 Å². The third-order valence-electron chi connectivity index (χ3n) is 6.05. The van der Waals surface area contributed by atoms with Crippen molar-refractivity contribution < 1.29 is 9.53 Å². The highest BCUT2D eigenvalue weighted by atomic mass is 16.5. The Balaban J connectivity index is 1.48. The fourth-order valence-corrected chi connectivity index (χ4v) is 4.42. The van der Waals surface area contributed by atoms with Gasteiger partial charge in [0.1, 0.15) is 12.4 Å². The average Bonchev–Trinajstić information content (AvgIpc) is 3.29. The van der Waals surface area contributed by atoms with E-state index in [0.29, 0.717) is 31.8 Å². The number of carbonyl (C=O) groups excluding carboxylic acids is 1. The predicted molar refractivity (Wildman–Crippen MR) is 119 cm³/mol. The van der Waals surface area contributed by atoms with Gasteiger partial charge in [-0.3, -0.25) is 19.1 Å². The van der Waals surface area contributed by atoms with E-state index in [9.17, 15) is 9.59 Å². The summed E-state index contributed by atoms with van der Waals surface area (Å²) >= 11 is 0. The number of benzene rings is 1. The molecule has 1 aromatic heterocycles. The lowest BCUT2D eigenvalue weighted by Crippen LogP contribution is -2.41. The predicted octanol–water partition coefficient (Wildman–Crippen LogP) is 2.05. The summed E-state index contributed by atoms with van der Waals surface area (Å²) in [6, 6.07) is 10.4. The van der Waals surface area contributed by atoms with Gasteiger partial charge in [0.05, 0.1) is 11.8 Å². The Morgan fingerprint density at radius 1 is 1.29 bits per heavy atom. The zero-order valence-corrected chi connectivity index (χ0v) is 18.3. The summed E-state index contributed by atoms with van der Waals surface area (Å²) in [6.45, 7) is 5.68. The zero-order chi connectivity index (χ0) is 21.6. The number of hydrogen-bond acceptors (Lipinski definition) is 5. The molecule has 0 radical (unpaired) electrons. The Kier molecular flexibility index (Phi) is 7.14. The van der Waals surface area contributed by atoms with Crippen LogP contribution in [0, 0.1) is 0 Å². The van der Waals surface area contributed by atoms with Crippen LogP contribution in [0.25, 0.3) is 0 Å². The number of rotatable bonds is 8. The molecule has 2 aliphatic rings. The van der Waals surface area contributed by atoms with Gasteiger partial charge in [-0.25, -0.2) is 4.98 Å². The molecule has 0 aliphatic carbocycles. The molecule has 1 fully saturated rings. The molecule has 2 aliphatic heterocycles. The Labute approximate surface area is 183 Å². The molecule has 4 rings (SSSR count). The maximum Gasteiger partial charge on any atom is 0.257 e. The van der Waals surface area contributed by atoms with E-state index < -0.39 is 0 Å². The zero-order valence-electron chi connectivity index (χ0n) is 18.3. The summed E-state index contributed by atoms with van der Waals surface area (Å²) in [5.74, 6) is 0.554. The van der Waals surface area contributed by atoms with E-state index in [1.807, 2.05) is 18.2 Å². The number of carbonyl (C=O) groups is 1. The summed E-state index contributed by atoms with van der Waals surface area (Å²) < 4.78 is 7.15. The molecule has 1 aromatic carbocycles. The summed E-state index contributed by atoms with van der Waals surface area (Å²) in [6.07, 6.45) is 4.32. The second kappa shape index (κ2) is 10.2. The summed E-state index contributed by atoms with van der Waals surface area (Å²) in [5, 5.41) is 2.92. The van der Waals surface area contributed by atoms with Gasteiger partial charge in [0.25, 0.3) is 5.56 Å². The van der Waals surface area contributed by atoms with E-state index in [0.717, 1.165) is 50.2 Å². The number of nitrogens with zero attached hydrogens (tertiary/aromatic N) is 3. The summed E-state index contributed by atoms with van der Waals surface area (Å²) in [5.41, 5.74) is 2.83. The lowest BCUT2D eigenvalue weighted by atomic mass is 10.0. The smallest absolute Gasteiger partial charge is 0.257 e. The first-order chi connectivity index (χ1) is 15.1. The molecular formula is C24H32N4O3. The molecule has 166 valence electrons. The van der Waals surface area contributed by atoms with Crippen molar-refractivity contribution in [1.29, 1.82) is 0 Å². The van der Waals surface area contributed by atoms with Gasteiger partial charge in [-0.1, -0.05) is 37.3 Å². The highest BCUT2D eigenvalue weighted by Gasteiger charge is 2.24. The van der Waals surface area contributed by atoms with E-state index in [2.05, 4.69) is 29.3 Å². The van der Waals surface area contributed by atoms with Crippen LogP contribution in [0.15, 0.2) is 35.1 Å². The number of amides is 1. The molecule has 1 atom stereocenters. The minimum absolute atomic E-state index is 0.0227. The number of aromatic nitrogens is 2. The Morgan fingerprint density at radius 3 is 2.87 bits per heavy atom. The maximum absolute atomic E-state index is 13.3. The molecule has 7 nitrogen and oxygen atoms in total. The monoisotopic (exact) mass is 424 g/mol. The van der Waals surface area contributed by atoms with Crippen molar-refractivity contribution in [3.05, 3.63) is 63.3 Å². The van der Waals surface area contributed by atoms with Crippen molar-refractivity contribution in [3.63, 3.8) is 0 Å². The summed E-state index contributed by atoms with van der Waals surface area (Å²) in [7, 11) is 0. The number of nitrogens with one attached hydrogen (secondary N) is 1. The van der Waals surface area contributed by atoms with Crippen LogP contribution in [0.5, 0.6) is 0 Å². The standard InChI is InChI=1S/C24H32N4O3/c1-2-7-22-26-21-16-27(15-18-8-4-3-5-9-18)12-11-20(21)24(30)28(22)17-23(29)25-14-19-10-6-13-31-19/h3-5,8-9,19H,2,6-7,10-17H2,1H3,(H,25,29)/t19-/m0/s1. The lowest BCUT2D eigenvalue weighted by molar-refractivity contribution is -0.122. The molecule has 2 aromatic rings. The average molecular weight is 425 g/mol. The molecule has 1 amide bonds. The number of ether oxygens (including phenoxy) is 1. The minimum atomic E-state index is -0.154. The van der Waals surface area contributed by atoms with Gasteiger partial charge in [0.15, 0.2) is 0 Å². The first-order valence-corrected chi connectivity index (χ1v) is 11.4. The second-order valence-corrected chi connectivity index (χ2v) is 8.48. The fraction of sp³-hybridized carbons (Fsp3) is 0.542. The van der Waals surface area contributed by atoms with Crippen molar-refractivity contribution in [1.82, 2.24) is 19.8 Å². The van der Waals surface area contributed by atoms with Gasteiger partial charge < -0.3 is 10.1 Å².